The zero-order chi connectivity index (χ0) is 23.2. The Bertz CT molecular complexity index is 1240. The molecule has 0 spiro atoms. The maximum absolute atomic E-state index is 13.7. The molecule has 0 radical (unpaired) electrons. The molecule has 0 bridgehead atoms. The van der Waals surface area contributed by atoms with Gasteiger partial charge in [0.2, 0.25) is 5.89 Å². The molecule has 2 heterocycles. The Morgan fingerprint density at radius 3 is 2.70 bits per heavy atom. The molecule has 0 fully saturated rings. The molecule has 2 aromatic carbocycles. The van der Waals surface area contributed by atoms with Crippen LogP contribution in [-0.4, -0.2) is 33.6 Å². The molecular weight excluding hydrogens is 434 g/mol. The van der Waals surface area contributed by atoms with E-state index in [1.165, 1.54) is 0 Å². The number of aryl methyl sites for hydroxylation is 1. The third-order valence-corrected chi connectivity index (χ3v) is 6.39. The summed E-state index contributed by atoms with van der Waals surface area (Å²) in [5.41, 5.74) is 4.20. The molecule has 0 saturated heterocycles. The van der Waals surface area contributed by atoms with Gasteiger partial charge in [-0.3, -0.25) is 4.79 Å². The zero-order valence-electron chi connectivity index (χ0n) is 19.1. The number of carbonyl (C=O) groups excluding carboxylic acids is 1. The lowest BCUT2D eigenvalue weighted by Gasteiger charge is -2.22. The van der Waals surface area contributed by atoms with E-state index in [1.807, 2.05) is 55.5 Å². The number of benzene rings is 2. The van der Waals surface area contributed by atoms with Crippen molar-refractivity contribution in [2.45, 2.75) is 38.4 Å². The van der Waals surface area contributed by atoms with E-state index in [0.29, 0.717) is 23.6 Å². The van der Waals surface area contributed by atoms with E-state index in [4.69, 9.17) is 9.15 Å². The summed E-state index contributed by atoms with van der Waals surface area (Å²) < 4.78 is 11.2. The average molecular weight is 462 g/mol. The number of nitrogens with zero attached hydrogens (tertiary/aromatic N) is 3. The Balaban J connectivity index is 1.66. The predicted octanol–water partition coefficient (Wildman–Crippen LogP) is 5.88. The van der Waals surface area contributed by atoms with Crippen molar-refractivity contribution in [3.63, 3.8) is 0 Å². The van der Waals surface area contributed by atoms with Crippen molar-refractivity contribution in [3.8, 4) is 5.75 Å². The van der Waals surface area contributed by atoms with Crippen molar-refractivity contribution in [1.82, 2.24) is 14.9 Å². The number of hydrogen-bond donors (Lipinski definition) is 0. The number of hydrogen-bond acceptors (Lipinski definition) is 6. The molecule has 0 aliphatic rings. The molecule has 1 amide bonds. The second-order valence-electron chi connectivity index (χ2n) is 7.79. The number of rotatable bonds is 9. The summed E-state index contributed by atoms with van der Waals surface area (Å²) in [5, 5.41) is 0.747. The van der Waals surface area contributed by atoms with Crippen molar-refractivity contribution in [2.24, 2.45) is 0 Å². The minimum Gasteiger partial charge on any atom is -0.497 e. The Labute approximate surface area is 198 Å². The number of ether oxygens (including phenoxy) is 1. The second kappa shape index (κ2) is 10.5. The van der Waals surface area contributed by atoms with Crippen molar-refractivity contribution in [2.75, 3.05) is 12.9 Å². The van der Waals surface area contributed by atoms with E-state index in [2.05, 4.69) is 16.9 Å². The topological polar surface area (TPSA) is 68.5 Å². The number of thioether (sulfide) groups is 1. The van der Waals surface area contributed by atoms with Crippen LogP contribution in [0.15, 0.2) is 70.2 Å². The highest BCUT2D eigenvalue weighted by Crippen LogP contribution is 2.25. The van der Waals surface area contributed by atoms with Crippen molar-refractivity contribution in [3.05, 3.63) is 83.4 Å². The maximum atomic E-state index is 13.7. The molecule has 0 saturated carbocycles. The number of amides is 1. The highest BCUT2D eigenvalue weighted by molar-refractivity contribution is 7.99. The van der Waals surface area contributed by atoms with E-state index in [0.717, 1.165) is 39.6 Å². The maximum Gasteiger partial charge on any atom is 0.257 e. The van der Waals surface area contributed by atoms with Gasteiger partial charge in [0.15, 0.2) is 5.58 Å². The first-order valence-electron chi connectivity index (χ1n) is 10.9. The Morgan fingerprint density at radius 2 is 1.94 bits per heavy atom. The van der Waals surface area contributed by atoms with Crippen LogP contribution >= 0.6 is 11.8 Å². The van der Waals surface area contributed by atoms with Crippen molar-refractivity contribution in [1.29, 1.82) is 0 Å². The van der Waals surface area contributed by atoms with Crippen LogP contribution < -0.4 is 4.74 Å². The van der Waals surface area contributed by atoms with Crippen LogP contribution in [0.25, 0.3) is 11.1 Å². The zero-order valence-corrected chi connectivity index (χ0v) is 19.9. The summed E-state index contributed by atoms with van der Waals surface area (Å²) >= 11 is 1.60. The molecule has 4 aromatic rings. The highest BCUT2D eigenvalue weighted by Gasteiger charge is 2.22. The fourth-order valence-electron chi connectivity index (χ4n) is 3.50. The Hall–Kier alpha value is -3.32. The first-order valence-corrected chi connectivity index (χ1v) is 11.9. The third kappa shape index (κ3) is 5.54. The first kappa shape index (κ1) is 22.9. The van der Waals surface area contributed by atoms with Gasteiger partial charge in [0.05, 0.1) is 19.2 Å². The fraction of sp³-hybridized carbons (Fsp3) is 0.269. The Morgan fingerprint density at radius 1 is 1.12 bits per heavy atom. The van der Waals surface area contributed by atoms with Gasteiger partial charge in [-0.25, -0.2) is 9.97 Å². The molecule has 0 atom stereocenters. The van der Waals surface area contributed by atoms with Crippen LogP contribution in [0.3, 0.4) is 0 Å². The molecule has 0 unspecified atom stereocenters. The largest absolute Gasteiger partial charge is 0.497 e. The lowest BCUT2D eigenvalue weighted by molar-refractivity contribution is 0.0711. The van der Waals surface area contributed by atoms with Crippen molar-refractivity contribution < 1.29 is 13.9 Å². The molecule has 33 heavy (non-hydrogen) atoms. The van der Waals surface area contributed by atoms with E-state index >= 15 is 0 Å². The van der Waals surface area contributed by atoms with Gasteiger partial charge in [-0.2, -0.15) is 0 Å². The monoisotopic (exact) mass is 461 g/mol. The lowest BCUT2D eigenvalue weighted by atomic mass is 10.1. The summed E-state index contributed by atoms with van der Waals surface area (Å²) in [6.07, 6.45) is 2.73. The van der Waals surface area contributed by atoms with Crippen LogP contribution in [-0.2, 0) is 13.1 Å². The van der Waals surface area contributed by atoms with E-state index in [-0.39, 0.29) is 12.5 Å². The van der Waals surface area contributed by atoms with Gasteiger partial charge in [0, 0.05) is 12.7 Å². The SMILES string of the molecule is CCCSc1ncccc1C(=O)N(Cc1ccc(OC)cc1)Cc1nc2cc(C)ccc2o1. The predicted molar refractivity (Wildman–Crippen MR) is 131 cm³/mol. The highest BCUT2D eigenvalue weighted by atomic mass is 32.2. The fourth-order valence-corrected chi connectivity index (χ4v) is 4.35. The van der Waals surface area contributed by atoms with Crippen LogP contribution in [0, 0.1) is 6.92 Å². The van der Waals surface area contributed by atoms with Crippen LogP contribution in [0.1, 0.15) is 40.7 Å². The van der Waals surface area contributed by atoms with Gasteiger partial charge < -0.3 is 14.1 Å². The van der Waals surface area contributed by atoms with Crippen LogP contribution in [0.2, 0.25) is 0 Å². The van der Waals surface area contributed by atoms with Gasteiger partial charge in [0.1, 0.15) is 16.3 Å². The molecule has 170 valence electrons. The number of methoxy groups -OCH3 is 1. The standard InChI is InChI=1S/C26H27N3O3S/c1-4-14-33-25-21(6-5-13-27-25)26(30)29(16-19-8-10-20(31-3)11-9-19)17-24-28-22-15-18(2)7-12-23(22)32-24/h5-13,15H,4,14,16-17H2,1-3H3. The first-order chi connectivity index (χ1) is 16.1. The summed E-state index contributed by atoms with van der Waals surface area (Å²) in [5.74, 6) is 2.08. The quantitative estimate of drug-likeness (QED) is 0.290. The van der Waals surface area contributed by atoms with E-state index in [9.17, 15) is 4.79 Å². The van der Waals surface area contributed by atoms with Gasteiger partial charge in [-0.15, -0.1) is 11.8 Å². The summed E-state index contributed by atoms with van der Waals surface area (Å²) in [6, 6.07) is 17.2. The molecule has 0 aliphatic heterocycles. The van der Waals surface area contributed by atoms with Gasteiger partial charge in [-0.1, -0.05) is 25.1 Å². The minimum atomic E-state index is -0.101. The van der Waals surface area contributed by atoms with Gasteiger partial charge in [0.25, 0.3) is 5.91 Å². The number of fused-ring (bicyclic) bond motifs is 1. The van der Waals surface area contributed by atoms with Gasteiger partial charge in [-0.05, 0) is 66.6 Å². The van der Waals surface area contributed by atoms with Gasteiger partial charge >= 0.3 is 0 Å². The Kier molecular flexibility index (Phi) is 7.29. The van der Waals surface area contributed by atoms with E-state index < -0.39 is 0 Å². The smallest absolute Gasteiger partial charge is 0.257 e. The minimum absolute atomic E-state index is 0.101. The molecule has 6 nitrogen and oxygen atoms in total. The summed E-state index contributed by atoms with van der Waals surface area (Å²) in [7, 11) is 1.64. The number of oxazole rings is 1. The average Bonchev–Trinajstić information content (AvgIpc) is 3.24. The van der Waals surface area contributed by atoms with E-state index in [1.54, 1.807) is 36.0 Å². The number of pyridine rings is 1. The molecular formula is C26H27N3O3S. The second-order valence-corrected chi connectivity index (χ2v) is 8.88. The molecule has 2 aromatic heterocycles. The van der Waals surface area contributed by atoms with Crippen molar-refractivity contribution >= 4 is 28.8 Å². The molecule has 4 rings (SSSR count). The number of aromatic nitrogens is 2. The normalized spacial score (nSPS) is 11.0. The summed E-state index contributed by atoms with van der Waals surface area (Å²) in [6.45, 7) is 4.80. The third-order valence-electron chi connectivity index (χ3n) is 5.18. The summed E-state index contributed by atoms with van der Waals surface area (Å²) in [4.78, 5) is 24.6. The molecule has 7 heteroatoms. The number of carbonyl (C=O) groups is 1. The van der Waals surface area contributed by atoms with Crippen LogP contribution in [0.5, 0.6) is 5.75 Å². The van der Waals surface area contributed by atoms with Crippen LogP contribution in [0.4, 0.5) is 0 Å². The molecule has 0 N–H and O–H groups in total. The lowest BCUT2D eigenvalue weighted by Crippen LogP contribution is -2.30. The molecule has 0 aliphatic carbocycles.